The van der Waals surface area contributed by atoms with Gasteiger partial charge in [-0.3, -0.25) is 24.2 Å². The van der Waals surface area contributed by atoms with E-state index in [9.17, 15) is 24.3 Å². The van der Waals surface area contributed by atoms with Crippen LogP contribution >= 0.6 is 0 Å². The molecule has 0 unspecified atom stereocenters. The average molecular weight is 451 g/mol. The van der Waals surface area contributed by atoms with E-state index < -0.39 is 54.5 Å². The van der Waals surface area contributed by atoms with Crippen LogP contribution in [0.25, 0.3) is 0 Å². The number of aliphatic imine (C=N–C) groups is 1. The van der Waals surface area contributed by atoms with Crippen LogP contribution in [0, 0.1) is 0 Å². The fourth-order valence-electron chi connectivity index (χ4n) is 3.08. The minimum Gasteiger partial charge on any atom is -0.507 e. The van der Waals surface area contributed by atoms with Crippen molar-refractivity contribution in [1.82, 2.24) is 0 Å². The lowest BCUT2D eigenvalue weighted by atomic mass is 9.97. The van der Waals surface area contributed by atoms with Crippen molar-refractivity contribution in [2.45, 2.75) is 58.3 Å². The Morgan fingerprint density at radius 1 is 0.906 bits per heavy atom. The summed E-state index contributed by atoms with van der Waals surface area (Å²) in [6, 6.07) is 6.34. The zero-order valence-corrected chi connectivity index (χ0v) is 18.0. The molecular formula is C21H25NO10. The number of esters is 4. The maximum atomic E-state index is 11.8. The van der Waals surface area contributed by atoms with Crippen LogP contribution in [-0.4, -0.2) is 72.4 Å². The van der Waals surface area contributed by atoms with Crippen molar-refractivity contribution in [3.8, 4) is 5.75 Å². The van der Waals surface area contributed by atoms with Gasteiger partial charge in [0.05, 0.1) is 0 Å². The number of nitrogens with zero attached hydrogens (tertiary/aromatic N) is 1. The number of hydrogen-bond acceptors (Lipinski definition) is 11. The minimum absolute atomic E-state index is 0.0538. The predicted molar refractivity (Wildman–Crippen MR) is 108 cm³/mol. The average Bonchev–Trinajstić information content (AvgIpc) is 2.68. The standard InChI is InChI=1S/C21H25NO10/c1-11(23)28-10-17-18(29-12(2)24)19(30-13(3)25)20(31-14(4)26)21(32-17)22-9-15-7-5-6-8-16(15)27/h5-9,17-21,27H,10H2,1-4H3/t17-,18-,19-,20-,21+/m0/s1. The lowest BCUT2D eigenvalue weighted by Crippen LogP contribution is -2.62. The first-order chi connectivity index (χ1) is 15.1. The molecule has 1 saturated heterocycles. The Bertz CT molecular complexity index is 883. The second-order valence-corrected chi connectivity index (χ2v) is 6.93. The number of benzene rings is 1. The van der Waals surface area contributed by atoms with Crippen LogP contribution in [0.1, 0.15) is 33.3 Å². The van der Waals surface area contributed by atoms with Crippen LogP contribution in [0.3, 0.4) is 0 Å². The number of phenols is 1. The molecule has 0 bridgehead atoms. The topological polar surface area (TPSA) is 147 Å². The molecule has 11 nitrogen and oxygen atoms in total. The van der Waals surface area contributed by atoms with Gasteiger partial charge in [-0.25, -0.2) is 0 Å². The summed E-state index contributed by atoms with van der Waals surface area (Å²) in [5.74, 6) is -2.85. The Kier molecular flexibility index (Phi) is 8.71. The van der Waals surface area contributed by atoms with Crippen molar-refractivity contribution in [2.24, 2.45) is 4.99 Å². The number of hydrogen-bond donors (Lipinski definition) is 1. The molecule has 0 amide bonds. The summed E-state index contributed by atoms with van der Waals surface area (Å²) in [5, 5.41) is 9.96. The zero-order valence-electron chi connectivity index (χ0n) is 18.0. The highest BCUT2D eigenvalue weighted by molar-refractivity contribution is 5.83. The summed E-state index contributed by atoms with van der Waals surface area (Å²) >= 11 is 0. The molecule has 0 spiro atoms. The van der Waals surface area contributed by atoms with Gasteiger partial charge < -0.3 is 28.8 Å². The molecule has 1 N–H and O–H groups in total. The molecule has 32 heavy (non-hydrogen) atoms. The summed E-state index contributed by atoms with van der Waals surface area (Å²) in [6.45, 7) is 4.24. The second kappa shape index (κ2) is 11.2. The molecule has 0 saturated carbocycles. The third-order valence-electron chi connectivity index (χ3n) is 4.26. The second-order valence-electron chi connectivity index (χ2n) is 6.93. The van der Waals surface area contributed by atoms with Crippen molar-refractivity contribution < 1.29 is 48.0 Å². The van der Waals surface area contributed by atoms with E-state index in [4.69, 9.17) is 23.7 Å². The molecule has 11 heteroatoms. The fourth-order valence-corrected chi connectivity index (χ4v) is 3.08. The number of aromatic hydroxyl groups is 1. The number of carbonyl (C=O) groups is 4. The van der Waals surface area contributed by atoms with E-state index in [0.29, 0.717) is 5.56 Å². The highest BCUT2D eigenvalue weighted by Crippen LogP contribution is 2.30. The molecule has 1 heterocycles. The number of carbonyl (C=O) groups excluding carboxylic acids is 4. The van der Waals surface area contributed by atoms with E-state index in [1.807, 2.05) is 0 Å². The van der Waals surface area contributed by atoms with Crippen LogP contribution in [0.4, 0.5) is 0 Å². The van der Waals surface area contributed by atoms with Gasteiger partial charge in [0.1, 0.15) is 18.5 Å². The molecule has 1 aromatic rings. The quantitative estimate of drug-likeness (QED) is 0.360. The van der Waals surface area contributed by atoms with Crippen molar-refractivity contribution in [2.75, 3.05) is 6.61 Å². The zero-order chi connectivity index (χ0) is 23.8. The Hall–Kier alpha value is -3.47. The molecule has 0 aromatic heterocycles. The molecule has 1 fully saturated rings. The van der Waals surface area contributed by atoms with Crippen LogP contribution in [0.15, 0.2) is 29.3 Å². The Balaban J connectivity index is 2.47. The van der Waals surface area contributed by atoms with Crippen molar-refractivity contribution in [3.05, 3.63) is 29.8 Å². The summed E-state index contributed by atoms with van der Waals surface area (Å²) < 4.78 is 26.7. The third-order valence-corrected chi connectivity index (χ3v) is 4.26. The Labute approximate surface area is 184 Å². The summed E-state index contributed by atoms with van der Waals surface area (Å²) in [6.07, 6.45) is -4.90. The highest BCUT2D eigenvalue weighted by Gasteiger charge is 2.52. The van der Waals surface area contributed by atoms with Gasteiger partial charge in [0, 0.05) is 39.5 Å². The molecule has 1 aliphatic heterocycles. The van der Waals surface area contributed by atoms with E-state index in [1.165, 1.54) is 19.2 Å². The van der Waals surface area contributed by atoms with Gasteiger partial charge in [-0.1, -0.05) is 12.1 Å². The largest absolute Gasteiger partial charge is 0.507 e. The highest BCUT2D eigenvalue weighted by atomic mass is 16.7. The smallest absolute Gasteiger partial charge is 0.303 e. The van der Waals surface area contributed by atoms with Gasteiger partial charge in [0.25, 0.3) is 0 Å². The lowest BCUT2D eigenvalue weighted by Gasteiger charge is -2.43. The van der Waals surface area contributed by atoms with E-state index in [-0.39, 0.29) is 12.4 Å². The van der Waals surface area contributed by atoms with E-state index in [1.54, 1.807) is 18.2 Å². The first kappa shape index (κ1) is 24.8. The van der Waals surface area contributed by atoms with Crippen LogP contribution in [0.5, 0.6) is 5.75 Å². The summed E-state index contributed by atoms with van der Waals surface area (Å²) in [7, 11) is 0. The number of ether oxygens (including phenoxy) is 5. The Morgan fingerprint density at radius 2 is 1.47 bits per heavy atom. The predicted octanol–water partition coefficient (Wildman–Crippen LogP) is 0.894. The lowest BCUT2D eigenvalue weighted by molar-refractivity contribution is -0.250. The summed E-state index contributed by atoms with van der Waals surface area (Å²) in [5.41, 5.74) is 0.348. The van der Waals surface area contributed by atoms with Gasteiger partial charge in [-0.05, 0) is 12.1 Å². The number of rotatable bonds is 7. The summed E-state index contributed by atoms with van der Waals surface area (Å²) in [4.78, 5) is 50.8. The van der Waals surface area contributed by atoms with E-state index in [2.05, 4.69) is 4.99 Å². The van der Waals surface area contributed by atoms with Crippen molar-refractivity contribution in [3.63, 3.8) is 0 Å². The fraction of sp³-hybridized carbons (Fsp3) is 0.476. The van der Waals surface area contributed by atoms with E-state index >= 15 is 0 Å². The van der Waals surface area contributed by atoms with Gasteiger partial charge in [0.15, 0.2) is 24.5 Å². The maximum Gasteiger partial charge on any atom is 0.303 e. The number of phenolic OH excluding ortho intramolecular Hbond substituents is 1. The molecule has 0 aliphatic carbocycles. The minimum atomic E-state index is -1.30. The molecular weight excluding hydrogens is 426 g/mol. The molecule has 174 valence electrons. The molecule has 5 atom stereocenters. The van der Waals surface area contributed by atoms with Gasteiger partial charge in [-0.2, -0.15) is 0 Å². The van der Waals surface area contributed by atoms with Crippen LogP contribution in [0.2, 0.25) is 0 Å². The van der Waals surface area contributed by atoms with Crippen LogP contribution < -0.4 is 0 Å². The molecule has 1 aliphatic rings. The Morgan fingerprint density at radius 3 is 2.03 bits per heavy atom. The van der Waals surface area contributed by atoms with E-state index in [0.717, 1.165) is 20.8 Å². The normalized spacial score (nSPS) is 25.1. The van der Waals surface area contributed by atoms with Gasteiger partial charge >= 0.3 is 23.9 Å². The van der Waals surface area contributed by atoms with Crippen molar-refractivity contribution in [1.29, 1.82) is 0 Å². The monoisotopic (exact) mass is 451 g/mol. The third kappa shape index (κ3) is 7.05. The molecule has 1 aromatic carbocycles. The SMILES string of the molecule is CC(=O)OC[C@@H]1O[C@@H](N=Cc2ccccc2O)[C@@H](OC(C)=O)[C@@H](OC(C)=O)[C@H]1OC(C)=O. The van der Waals surface area contributed by atoms with Gasteiger partial charge in [0.2, 0.25) is 0 Å². The molecule has 0 radical (unpaired) electrons. The van der Waals surface area contributed by atoms with Crippen molar-refractivity contribution >= 4 is 30.1 Å². The van der Waals surface area contributed by atoms with Gasteiger partial charge in [-0.15, -0.1) is 0 Å². The number of para-hydroxylation sites is 1. The van der Waals surface area contributed by atoms with Crippen LogP contribution in [-0.2, 0) is 42.9 Å². The first-order valence-corrected chi connectivity index (χ1v) is 9.70. The maximum absolute atomic E-state index is 11.8. The molecule has 2 rings (SSSR count). The first-order valence-electron chi connectivity index (χ1n) is 9.70.